The zero-order valence-corrected chi connectivity index (χ0v) is 16.9. The molecule has 1 aliphatic heterocycles. The molecule has 0 aliphatic carbocycles. The maximum Gasteiger partial charge on any atom is 0.335 e. The molecule has 29 heavy (non-hydrogen) atoms. The topological polar surface area (TPSA) is 75.7 Å². The van der Waals surface area contributed by atoms with Crippen molar-refractivity contribution < 1.29 is 19.1 Å². The summed E-state index contributed by atoms with van der Waals surface area (Å²) >= 11 is 12.2. The lowest BCUT2D eigenvalue weighted by Gasteiger charge is -2.26. The van der Waals surface area contributed by atoms with Crippen molar-refractivity contribution in [2.75, 3.05) is 11.5 Å². The summed E-state index contributed by atoms with van der Waals surface area (Å²) in [6.07, 6.45) is 2.89. The Hall–Kier alpha value is -3.09. The Morgan fingerprint density at radius 2 is 1.90 bits per heavy atom. The second-order valence-corrected chi connectivity index (χ2v) is 7.02. The summed E-state index contributed by atoms with van der Waals surface area (Å²) < 4.78 is 5.55. The van der Waals surface area contributed by atoms with Crippen LogP contribution >= 0.6 is 23.2 Å². The SMILES string of the molecule is C=CCOc1ccc(Cl)cc1/C=C1\C(=O)NC(=O)N(c2ccc(C)c(Cl)c2)C1=O. The summed E-state index contributed by atoms with van der Waals surface area (Å²) in [5.74, 6) is -1.19. The van der Waals surface area contributed by atoms with Gasteiger partial charge in [0.2, 0.25) is 0 Å². The number of benzene rings is 2. The van der Waals surface area contributed by atoms with Crippen LogP contribution in [0.5, 0.6) is 5.75 Å². The number of aryl methyl sites for hydroxylation is 1. The summed E-state index contributed by atoms with van der Waals surface area (Å²) in [6, 6.07) is 8.67. The molecule has 1 fully saturated rings. The molecular formula is C21H16Cl2N2O4. The third-order valence-electron chi connectivity index (χ3n) is 4.14. The average molecular weight is 431 g/mol. The molecule has 0 radical (unpaired) electrons. The molecule has 0 aromatic heterocycles. The monoisotopic (exact) mass is 430 g/mol. The van der Waals surface area contributed by atoms with Crippen LogP contribution in [-0.4, -0.2) is 24.5 Å². The van der Waals surface area contributed by atoms with E-state index in [0.717, 1.165) is 10.5 Å². The van der Waals surface area contributed by atoms with Crippen LogP contribution in [0.15, 0.2) is 54.6 Å². The minimum Gasteiger partial charge on any atom is -0.489 e. The quantitative estimate of drug-likeness (QED) is 0.429. The zero-order chi connectivity index (χ0) is 21.1. The highest BCUT2D eigenvalue weighted by molar-refractivity contribution is 6.39. The minimum absolute atomic E-state index is 0.227. The highest BCUT2D eigenvalue weighted by Crippen LogP contribution is 2.29. The van der Waals surface area contributed by atoms with Gasteiger partial charge in [-0.3, -0.25) is 14.9 Å². The molecule has 1 aliphatic rings. The molecule has 4 amide bonds. The smallest absolute Gasteiger partial charge is 0.335 e. The zero-order valence-electron chi connectivity index (χ0n) is 15.4. The van der Waals surface area contributed by atoms with Gasteiger partial charge in [0.1, 0.15) is 17.9 Å². The van der Waals surface area contributed by atoms with Gasteiger partial charge < -0.3 is 4.74 Å². The predicted molar refractivity (Wildman–Crippen MR) is 112 cm³/mol. The number of carbonyl (C=O) groups is 3. The fraction of sp³-hybridized carbons (Fsp3) is 0.0952. The van der Waals surface area contributed by atoms with Crippen molar-refractivity contribution in [3.05, 3.63) is 75.8 Å². The van der Waals surface area contributed by atoms with E-state index in [9.17, 15) is 14.4 Å². The average Bonchev–Trinajstić information content (AvgIpc) is 2.67. The first-order chi connectivity index (χ1) is 13.8. The van der Waals surface area contributed by atoms with Crippen LogP contribution in [0.2, 0.25) is 10.0 Å². The molecule has 1 saturated heterocycles. The van der Waals surface area contributed by atoms with Gasteiger partial charge in [0, 0.05) is 15.6 Å². The van der Waals surface area contributed by atoms with Crippen LogP contribution in [0.1, 0.15) is 11.1 Å². The summed E-state index contributed by atoms with van der Waals surface area (Å²) in [6.45, 7) is 5.61. The van der Waals surface area contributed by atoms with Crippen LogP contribution in [0, 0.1) is 6.92 Å². The molecule has 0 spiro atoms. The highest BCUT2D eigenvalue weighted by Gasteiger charge is 2.37. The number of carbonyl (C=O) groups excluding carboxylic acids is 3. The standard InChI is InChI=1S/C21H16Cl2N2O4/c1-3-8-29-18-7-5-14(22)9-13(18)10-16-19(26)24-21(28)25(20(16)27)15-6-4-12(2)17(23)11-15/h3-7,9-11H,1,8H2,2H3,(H,24,26,28)/b16-10+. The number of barbiturate groups is 1. The van der Waals surface area contributed by atoms with E-state index in [0.29, 0.717) is 21.4 Å². The molecular weight excluding hydrogens is 415 g/mol. The van der Waals surface area contributed by atoms with Gasteiger partial charge in [0.25, 0.3) is 11.8 Å². The molecule has 0 unspecified atom stereocenters. The second-order valence-electron chi connectivity index (χ2n) is 6.17. The molecule has 6 nitrogen and oxygen atoms in total. The molecule has 2 aromatic rings. The number of amides is 4. The molecule has 0 bridgehead atoms. The van der Waals surface area contributed by atoms with Crippen LogP contribution in [-0.2, 0) is 9.59 Å². The molecule has 1 heterocycles. The first kappa shape index (κ1) is 20.6. The van der Waals surface area contributed by atoms with Crippen LogP contribution in [0.3, 0.4) is 0 Å². The van der Waals surface area contributed by atoms with Crippen molar-refractivity contribution in [3.8, 4) is 5.75 Å². The third-order valence-corrected chi connectivity index (χ3v) is 4.79. The van der Waals surface area contributed by atoms with E-state index in [1.54, 1.807) is 43.3 Å². The molecule has 148 valence electrons. The lowest BCUT2D eigenvalue weighted by Crippen LogP contribution is -2.54. The Morgan fingerprint density at radius 3 is 2.59 bits per heavy atom. The largest absolute Gasteiger partial charge is 0.489 e. The fourth-order valence-corrected chi connectivity index (χ4v) is 3.04. The Bertz CT molecular complexity index is 1060. The Balaban J connectivity index is 2.05. The van der Waals surface area contributed by atoms with Gasteiger partial charge in [-0.1, -0.05) is 41.9 Å². The predicted octanol–water partition coefficient (Wildman–Crippen LogP) is 4.53. The first-order valence-corrected chi connectivity index (χ1v) is 9.28. The molecule has 0 saturated carbocycles. The van der Waals surface area contributed by atoms with E-state index in [-0.39, 0.29) is 17.9 Å². The van der Waals surface area contributed by atoms with E-state index in [1.807, 2.05) is 0 Å². The number of imide groups is 2. The molecule has 8 heteroatoms. The van der Waals surface area contributed by atoms with Gasteiger partial charge in [0.15, 0.2) is 0 Å². The Morgan fingerprint density at radius 1 is 1.14 bits per heavy atom. The molecule has 1 N–H and O–H groups in total. The second kappa shape index (κ2) is 8.51. The highest BCUT2D eigenvalue weighted by atomic mass is 35.5. The van der Waals surface area contributed by atoms with Gasteiger partial charge in [0.05, 0.1) is 5.69 Å². The van der Waals surface area contributed by atoms with Crippen molar-refractivity contribution in [3.63, 3.8) is 0 Å². The number of anilines is 1. The number of hydrogen-bond donors (Lipinski definition) is 1. The number of hydrogen-bond acceptors (Lipinski definition) is 4. The maximum atomic E-state index is 13.0. The van der Waals surface area contributed by atoms with Gasteiger partial charge in [-0.2, -0.15) is 0 Å². The number of ether oxygens (including phenoxy) is 1. The Kier molecular flexibility index (Phi) is 6.06. The van der Waals surface area contributed by atoms with Crippen molar-refractivity contribution in [2.45, 2.75) is 6.92 Å². The summed E-state index contributed by atoms with van der Waals surface area (Å²) in [5.41, 5.74) is 1.20. The maximum absolute atomic E-state index is 13.0. The van der Waals surface area contributed by atoms with E-state index < -0.39 is 17.8 Å². The number of urea groups is 1. The van der Waals surface area contributed by atoms with Crippen molar-refractivity contribution in [2.24, 2.45) is 0 Å². The lowest BCUT2D eigenvalue weighted by atomic mass is 10.1. The van der Waals surface area contributed by atoms with Crippen LogP contribution < -0.4 is 15.0 Å². The number of nitrogens with zero attached hydrogens (tertiary/aromatic N) is 1. The summed E-state index contributed by atoms with van der Waals surface area (Å²) in [5, 5.41) is 2.95. The number of halogens is 2. The van der Waals surface area contributed by atoms with Crippen molar-refractivity contribution in [1.82, 2.24) is 5.32 Å². The molecule has 0 atom stereocenters. The van der Waals surface area contributed by atoms with E-state index in [2.05, 4.69) is 11.9 Å². The molecule has 2 aromatic carbocycles. The lowest BCUT2D eigenvalue weighted by molar-refractivity contribution is -0.122. The molecule has 3 rings (SSSR count). The van der Waals surface area contributed by atoms with E-state index in [4.69, 9.17) is 27.9 Å². The number of rotatable bonds is 5. The van der Waals surface area contributed by atoms with Gasteiger partial charge in [-0.15, -0.1) is 0 Å². The van der Waals surface area contributed by atoms with E-state index in [1.165, 1.54) is 12.1 Å². The van der Waals surface area contributed by atoms with Crippen molar-refractivity contribution in [1.29, 1.82) is 0 Å². The number of nitrogens with one attached hydrogen (secondary N) is 1. The fourth-order valence-electron chi connectivity index (χ4n) is 2.68. The normalized spacial score (nSPS) is 15.5. The third kappa shape index (κ3) is 4.34. The minimum atomic E-state index is -0.855. The first-order valence-electron chi connectivity index (χ1n) is 8.52. The summed E-state index contributed by atoms with van der Waals surface area (Å²) in [7, 11) is 0. The van der Waals surface area contributed by atoms with Crippen LogP contribution in [0.4, 0.5) is 10.5 Å². The van der Waals surface area contributed by atoms with Crippen LogP contribution in [0.25, 0.3) is 6.08 Å². The van der Waals surface area contributed by atoms with E-state index >= 15 is 0 Å². The van der Waals surface area contributed by atoms with Gasteiger partial charge >= 0.3 is 6.03 Å². The van der Waals surface area contributed by atoms with Gasteiger partial charge in [-0.25, -0.2) is 9.69 Å². The van der Waals surface area contributed by atoms with Gasteiger partial charge in [-0.05, 0) is 48.9 Å². The Labute approximate surface area is 177 Å². The summed E-state index contributed by atoms with van der Waals surface area (Å²) in [4.78, 5) is 38.5. The van der Waals surface area contributed by atoms with Crippen molar-refractivity contribution >= 4 is 52.8 Å².